The smallest absolute Gasteiger partial charge is 0.164 e. The summed E-state index contributed by atoms with van der Waals surface area (Å²) in [4.78, 5) is 20.1. The SMILES string of the molecule is C=C/C=c1\c(=C(/C)c2ccc(-c3nc(-c4ccccc4)nc(-c4ccccc4)n3)cc2)c2c(-c3ccc4c(c3)c3ccccc3n4-c3ccccc3)nccc2n1-c1ccccc1. The van der Waals surface area contributed by atoms with Gasteiger partial charge in [-0.25, -0.2) is 15.0 Å². The molecule has 0 atom stereocenters. The second-order valence-electron chi connectivity index (χ2n) is 15.5. The van der Waals surface area contributed by atoms with Crippen LogP contribution >= 0.6 is 0 Å². The third-order valence-electron chi connectivity index (χ3n) is 11.8. The van der Waals surface area contributed by atoms with Crippen LogP contribution in [0.4, 0.5) is 0 Å². The van der Waals surface area contributed by atoms with Gasteiger partial charge in [-0.05, 0) is 72.7 Å². The molecule has 0 aliphatic heterocycles. The fraction of sp³-hybridized carbons (Fsp3) is 0.0175. The van der Waals surface area contributed by atoms with E-state index in [0.717, 1.165) is 83.0 Å². The Balaban J connectivity index is 1.13. The van der Waals surface area contributed by atoms with E-state index in [2.05, 4.69) is 162 Å². The molecule has 0 radical (unpaired) electrons. The van der Waals surface area contributed by atoms with Gasteiger partial charge in [0.25, 0.3) is 0 Å². The molecule has 7 aromatic carbocycles. The van der Waals surface area contributed by atoms with Gasteiger partial charge in [-0.2, -0.15) is 0 Å². The van der Waals surface area contributed by atoms with Crippen LogP contribution in [0.1, 0.15) is 12.5 Å². The number of hydrogen-bond donors (Lipinski definition) is 0. The average molecular weight is 809 g/mol. The van der Waals surface area contributed by atoms with Gasteiger partial charge < -0.3 is 9.13 Å². The number of hydrogen-bond acceptors (Lipinski definition) is 4. The van der Waals surface area contributed by atoms with Crippen LogP contribution in [-0.4, -0.2) is 29.1 Å². The minimum atomic E-state index is 0.615. The minimum Gasteiger partial charge on any atom is -0.309 e. The summed E-state index contributed by atoms with van der Waals surface area (Å²) in [5, 5.41) is 5.56. The zero-order valence-electron chi connectivity index (χ0n) is 34.6. The Morgan fingerprint density at radius 3 is 1.59 bits per heavy atom. The van der Waals surface area contributed by atoms with Crippen molar-refractivity contribution >= 4 is 44.4 Å². The first kappa shape index (κ1) is 37.5. The van der Waals surface area contributed by atoms with Crippen molar-refractivity contribution in [1.82, 2.24) is 29.1 Å². The summed E-state index contributed by atoms with van der Waals surface area (Å²) in [6.45, 7) is 6.40. The van der Waals surface area contributed by atoms with Gasteiger partial charge in [0.2, 0.25) is 0 Å². The number of allylic oxidation sites excluding steroid dienone is 1. The summed E-state index contributed by atoms with van der Waals surface area (Å²) in [7, 11) is 0. The van der Waals surface area contributed by atoms with Crippen molar-refractivity contribution in [2.45, 2.75) is 6.92 Å². The molecule has 0 spiro atoms. The maximum absolute atomic E-state index is 5.20. The van der Waals surface area contributed by atoms with E-state index < -0.39 is 0 Å². The first-order valence-corrected chi connectivity index (χ1v) is 21.1. The maximum Gasteiger partial charge on any atom is 0.164 e. The number of pyridine rings is 1. The highest BCUT2D eigenvalue weighted by Crippen LogP contribution is 2.36. The van der Waals surface area contributed by atoms with E-state index in [0.29, 0.717) is 17.5 Å². The normalized spacial score (nSPS) is 12.3. The summed E-state index contributed by atoms with van der Waals surface area (Å²) in [6, 6.07) is 67.3. The predicted molar refractivity (Wildman–Crippen MR) is 259 cm³/mol. The monoisotopic (exact) mass is 808 g/mol. The molecule has 0 unspecified atom stereocenters. The fourth-order valence-corrected chi connectivity index (χ4v) is 8.90. The number of aromatic nitrogens is 6. The lowest BCUT2D eigenvalue weighted by Crippen LogP contribution is -2.30. The number of para-hydroxylation sites is 3. The average Bonchev–Trinajstić information content (AvgIpc) is 3.87. The van der Waals surface area contributed by atoms with E-state index in [1.807, 2.05) is 72.9 Å². The standard InChI is InChI=1S/C57H40N6/c1-3-18-50-52(38(2)39-29-31-42(32-30-39)57-60-55(40-19-8-4-9-20-40)59-56(61-57)41-21-10-5-11-22-41)53-51(63(50)45-25-14-7-15-26-45)35-36-58-54(53)43-33-34-49-47(37-43)46-27-16-17-28-48(46)62(49)44-23-12-6-13-24-44/h3-37H,1H2,2H3/b50-18+,52-38-. The van der Waals surface area contributed by atoms with Gasteiger partial charge in [0.15, 0.2) is 17.5 Å². The van der Waals surface area contributed by atoms with Gasteiger partial charge in [-0.1, -0.05) is 158 Å². The van der Waals surface area contributed by atoms with Crippen molar-refractivity contribution < 1.29 is 0 Å². The van der Waals surface area contributed by atoms with Crippen LogP contribution in [0.2, 0.25) is 0 Å². The highest BCUT2D eigenvalue weighted by Gasteiger charge is 2.20. The third kappa shape index (κ3) is 6.62. The summed E-state index contributed by atoms with van der Waals surface area (Å²) >= 11 is 0. The first-order valence-electron chi connectivity index (χ1n) is 21.1. The Morgan fingerprint density at radius 2 is 0.984 bits per heavy atom. The first-order chi connectivity index (χ1) is 31.1. The van der Waals surface area contributed by atoms with Crippen molar-refractivity contribution in [1.29, 1.82) is 0 Å². The van der Waals surface area contributed by atoms with Crippen LogP contribution in [0.5, 0.6) is 0 Å². The number of benzene rings is 7. The second kappa shape index (κ2) is 15.8. The molecular formula is C57H40N6. The number of rotatable bonds is 8. The van der Waals surface area contributed by atoms with Crippen molar-refractivity contribution in [3.05, 3.63) is 229 Å². The molecule has 6 nitrogen and oxygen atoms in total. The molecule has 0 saturated heterocycles. The summed E-state index contributed by atoms with van der Waals surface area (Å²) in [5.41, 5.74) is 12.5. The topological polar surface area (TPSA) is 61.4 Å². The van der Waals surface area contributed by atoms with E-state index in [4.69, 9.17) is 19.9 Å². The molecule has 0 bridgehead atoms. The predicted octanol–water partition coefficient (Wildman–Crippen LogP) is 12.2. The van der Waals surface area contributed by atoms with E-state index in [9.17, 15) is 0 Å². The molecule has 0 amide bonds. The molecule has 0 saturated carbocycles. The van der Waals surface area contributed by atoms with Crippen LogP contribution in [-0.2, 0) is 0 Å². The molecule has 298 valence electrons. The van der Waals surface area contributed by atoms with Crippen LogP contribution < -0.4 is 10.6 Å². The van der Waals surface area contributed by atoms with Crippen molar-refractivity contribution in [3.63, 3.8) is 0 Å². The lowest BCUT2D eigenvalue weighted by atomic mass is 9.99. The minimum absolute atomic E-state index is 0.615. The van der Waals surface area contributed by atoms with Gasteiger partial charge in [-0.3, -0.25) is 4.98 Å². The molecule has 4 aromatic heterocycles. The lowest BCUT2D eigenvalue weighted by molar-refractivity contribution is 1.07. The van der Waals surface area contributed by atoms with Gasteiger partial charge >= 0.3 is 0 Å². The molecule has 6 heteroatoms. The molecule has 0 aliphatic carbocycles. The van der Waals surface area contributed by atoms with Crippen LogP contribution in [0, 0.1) is 0 Å². The molecule has 63 heavy (non-hydrogen) atoms. The molecule has 11 rings (SSSR count). The van der Waals surface area contributed by atoms with E-state index in [-0.39, 0.29) is 0 Å². The Kier molecular flexibility index (Phi) is 9.44. The highest BCUT2D eigenvalue weighted by atomic mass is 15.0. The van der Waals surface area contributed by atoms with Crippen molar-refractivity contribution in [2.75, 3.05) is 0 Å². The Morgan fingerprint density at radius 1 is 0.476 bits per heavy atom. The lowest BCUT2D eigenvalue weighted by Gasteiger charge is -2.10. The zero-order valence-corrected chi connectivity index (χ0v) is 34.6. The van der Waals surface area contributed by atoms with Gasteiger partial charge in [0, 0.05) is 61.2 Å². The molecule has 0 aliphatic rings. The summed E-state index contributed by atoms with van der Waals surface area (Å²) < 4.78 is 4.68. The third-order valence-corrected chi connectivity index (χ3v) is 11.8. The van der Waals surface area contributed by atoms with Gasteiger partial charge in [-0.15, -0.1) is 0 Å². The quantitative estimate of drug-likeness (QED) is 0.153. The van der Waals surface area contributed by atoms with Crippen molar-refractivity contribution in [2.24, 2.45) is 0 Å². The maximum atomic E-state index is 5.20. The molecule has 4 heterocycles. The summed E-state index contributed by atoms with van der Waals surface area (Å²) in [6.07, 6.45) is 5.92. The number of fused-ring (bicyclic) bond motifs is 4. The largest absolute Gasteiger partial charge is 0.309 e. The number of nitrogens with zero attached hydrogens (tertiary/aromatic N) is 6. The van der Waals surface area contributed by atoms with E-state index >= 15 is 0 Å². The Bertz CT molecular complexity index is 3550. The Labute approximate surface area is 364 Å². The van der Waals surface area contributed by atoms with Gasteiger partial charge in [0.05, 0.1) is 27.6 Å². The molecular weight excluding hydrogens is 769 g/mol. The molecule has 0 N–H and O–H groups in total. The molecule has 0 fully saturated rings. The molecule has 11 aromatic rings. The van der Waals surface area contributed by atoms with Crippen LogP contribution in [0.15, 0.2) is 213 Å². The zero-order chi connectivity index (χ0) is 42.3. The second-order valence-corrected chi connectivity index (χ2v) is 15.5. The Hall–Kier alpha value is -8.48. The highest BCUT2D eigenvalue weighted by molar-refractivity contribution is 6.11. The van der Waals surface area contributed by atoms with Crippen LogP contribution in [0.3, 0.4) is 0 Å². The van der Waals surface area contributed by atoms with Crippen LogP contribution in [0.25, 0.3) is 101 Å². The summed E-state index contributed by atoms with van der Waals surface area (Å²) in [5.74, 6) is 1.88. The van der Waals surface area contributed by atoms with E-state index in [1.165, 1.54) is 10.8 Å². The fourth-order valence-electron chi connectivity index (χ4n) is 8.90. The van der Waals surface area contributed by atoms with Gasteiger partial charge in [0.1, 0.15) is 0 Å². The van der Waals surface area contributed by atoms with Crippen molar-refractivity contribution in [3.8, 4) is 56.8 Å². The van der Waals surface area contributed by atoms with E-state index in [1.54, 1.807) is 0 Å².